The molecule has 0 spiro atoms. The molecule has 1 N–H and O–H groups in total. The highest BCUT2D eigenvalue weighted by Crippen LogP contribution is 2.05. The lowest BCUT2D eigenvalue weighted by Gasteiger charge is -2.10. The van der Waals surface area contributed by atoms with Crippen LogP contribution in [-0.2, 0) is 10.0 Å². The third kappa shape index (κ3) is 2.82. The van der Waals surface area contributed by atoms with Crippen LogP contribution in [-0.4, -0.2) is 19.6 Å². The molecule has 0 aliphatic carbocycles. The highest BCUT2D eigenvalue weighted by Gasteiger charge is 2.22. The molecule has 1 aromatic rings. The average molecular weight is 231 g/mol. The third-order valence-electron chi connectivity index (χ3n) is 2.12. The van der Waals surface area contributed by atoms with Crippen LogP contribution in [0.1, 0.15) is 30.6 Å². The number of carbonyl (C=O) groups is 1. The normalized spacial score (nSPS) is 13.5. The zero-order chi connectivity index (χ0) is 11.5. The minimum Gasteiger partial charge on any atom is -0.472 e. The van der Waals surface area contributed by atoms with E-state index in [0.29, 0.717) is 6.42 Å². The van der Waals surface area contributed by atoms with Crippen molar-refractivity contribution < 1.29 is 17.6 Å². The SMILES string of the molecule is CCC(C)S(=O)(=O)NC(=O)c1ccoc1. The molecular formula is C9H13NO4S. The summed E-state index contributed by atoms with van der Waals surface area (Å²) in [5.74, 6) is -0.663. The Hall–Kier alpha value is -1.30. The van der Waals surface area contributed by atoms with Crippen molar-refractivity contribution in [1.29, 1.82) is 0 Å². The van der Waals surface area contributed by atoms with Crippen LogP contribution in [0.2, 0.25) is 0 Å². The van der Waals surface area contributed by atoms with Crippen LogP contribution in [0.3, 0.4) is 0 Å². The van der Waals surface area contributed by atoms with E-state index >= 15 is 0 Å². The molecule has 1 aromatic heterocycles. The van der Waals surface area contributed by atoms with Crippen molar-refractivity contribution in [3.05, 3.63) is 24.2 Å². The minimum absolute atomic E-state index is 0.196. The predicted molar refractivity (Wildman–Crippen MR) is 54.8 cm³/mol. The Morgan fingerprint density at radius 2 is 2.27 bits per heavy atom. The zero-order valence-corrected chi connectivity index (χ0v) is 9.37. The standard InChI is InChI=1S/C9H13NO4S/c1-3-7(2)15(12,13)10-9(11)8-4-5-14-6-8/h4-7H,3H2,1-2H3,(H,10,11). The molecule has 0 bridgehead atoms. The maximum atomic E-state index is 11.5. The number of rotatable bonds is 4. The molecule has 6 heteroatoms. The number of carbonyl (C=O) groups excluding carboxylic acids is 1. The molecule has 1 atom stereocenters. The van der Waals surface area contributed by atoms with Crippen LogP contribution in [0.4, 0.5) is 0 Å². The Labute approximate surface area is 88.5 Å². The summed E-state index contributed by atoms with van der Waals surface area (Å²) in [6.07, 6.45) is 2.96. The Kier molecular flexibility index (Phi) is 3.52. The summed E-state index contributed by atoms with van der Waals surface area (Å²) in [5.41, 5.74) is 0.196. The van der Waals surface area contributed by atoms with Gasteiger partial charge < -0.3 is 4.42 Å². The first kappa shape index (κ1) is 11.8. The van der Waals surface area contributed by atoms with Gasteiger partial charge in [0, 0.05) is 0 Å². The highest BCUT2D eigenvalue weighted by molar-refractivity contribution is 7.90. The zero-order valence-electron chi connectivity index (χ0n) is 8.56. The van der Waals surface area contributed by atoms with Crippen LogP contribution >= 0.6 is 0 Å². The smallest absolute Gasteiger partial charge is 0.267 e. The van der Waals surface area contributed by atoms with Gasteiger partial charge in [-0.15, -0.1) is 0 Å². The molecule has 1 amide bonds. The summed E-state index contributed by atoms with van der Waals surface area (Å²) in [7, 11) is -3.58. The van der Waals surface area contributed by atoms with E-state index in [1.165, 1.54) is 18.6 Å². The Bertz CT molecular complexity index is 421. The number of furan rings is 1. The molecule has 1 unspecified atom stereocenters. The van der Waals surface area contributed by atoms with Gasteiger partial charge in [0.25, 0.3) is 5.91 Å². The third-order valence-corrected chi connectivity index (χ3v) is 3.99. The lowest BCUT2D eigenvalue weighted by Crippen LogP contribution is -2.36. The number of nitrogens with one attached hydrogen (secondary N) is 1. The van der Waals surface area contributed by atoms with Crippen LogP contribution in [0.15, 0.2) is 23.0 Å². The van der Waals surface area contributed by atoms with Crippen molar-refractivity contribution in [2.45, 2.75) is 25.5 Å². The van der Waals surface area contributed by atoms with Gasteiger partial charge in [-0.2, -0.15) is 0 Å². The number of amides is 1. The van der Waals surface area contributed by atoms with E-state index < -0.39 is 21.2 Å². The molecule has 0 radical (unpaired) electrons. The quantitative estimate of drug-likeness (QED) is 0.843. The van der Waals surface area contributed by atoms with E-state index in [4.69, 9.17) is 0 Å². The fraction of sp³-hybridized carbons (Fsp3) is 0.444. The summed E-state index contributed by atoms with van der Waals surface area (Å²) >= 11 is 0. The van der Waals surface area contributed by atoms with Gasteiger partial charge in [0.2, 0.25) is 10.0 Å². The second kappa shape index (κ2) is 4.48. The molecule has 15 heavy (non-hydrogen) atoms. The molecule has 1 rings (SSSR count). The molecular weight excluding hydrogens is 218 g/mol. The first-order valence-corrected chi connectivity index (χ1v) is 6.10. The van der Waals surface area contributed by atoms with Crippen molar-refractivity contribution in [3.8, 4) is 0 Å². The molecule has 0 saturated heterocycles. The predicted octanol–water partition coefficient (Wildman–Crippen LogP) is 1.14. The van der Waals surface area contributed by atoms with Crippen molar-refractivity contribution >= 4 is 15.9 Å². The molecule has 0 saturated carbocycles. The van der Waals surface area contributed by atoms with E-state index in [0.717, 1.165) is 0 Å². The van der Waals surface area contributed by atoms with Gasteiger partial charge in [-0.25, -0.2) is 13.1 Å². The van der Waals surface area contributed by atoms with Gasteiger partial charge in [-0.1, -0.05) is 6.92 Å². The van der Waals surface area contributed by atoms with Gasteiger partial charge in [0.05, 0.1) is 17.1 Å². The lowest BCUT2D eigenvalue weighted by molar-refractivity contribution is 0.0980. The minimum atomic E-state index is -3.58. The summed E-state index contributed by atoms with van der Waals surface area (Å²) in [5, 5.41) is -0.589. The number of hydrogen-bond donors (Lipinski definition) is 1. The van der Waals surface area contributed by atoms with Crippen LogP contribution in [0.25, 0.3) is 0 Å². The molecule has 84 valence electrons. The van der Waals surface area contributed by atoms with E-state index in [1.54, 1.807) is 13.8 Å². The fourth-order valence-corrected chi connectivity index (χ4v) is 1.92. The van der Waals surface area contributed by atoms with Gasteiger partial charge in [0.15, 0.2) is 0 Å². The van der Waals surface area contributed by atoms with E-state index in [2.05, 4.69) is 4.42 Å². The Morgan fingerprint density at radius 1 is 1.60 bits per heavy atom. The van der Waals surface area contributed by atoms with Crippen LogP contribution in [0, 0.1) is 0 Å². The van der Waals surface area contributed by atoms with Gasteiger partial charge in [-0.3, -0.25) is 4.79 Å². The van der Waals surface area contributed by atoms with E-state index in [9.17, 15) is 13.2 Å². The van der Waals surface area contributed by atoms with E-state index in [1.807, 2.05) is 4.72 Å². The van der Waals surface area contributed by atoms with Crippen molar-refractivity contribution in [2.75, 3.05) is 0 Å². The molecule has 0 fully saturated rings. The fourth-order valence-electron chi connectivity index (χ4n) is 0.902. The molecule has 0 aromatic carbocycles. The molecule has 5 nitrogen and oxygen atoms in total. The monoisotopic (exact) mass is 231 g/mol. The number of sulfonamides is 1. The van der Waals surface area contributed by atoms with E-state index in [-0.39, 0.29) is 5.56 Å². The number of hydrogen-bond acceptors (Lipinski definition) is 4. The molecule has 1 heterocycles. The highest BCUT2D eigenvalue weighted by atomic mass is 32.2. The second-order valence-electron chi connectivity index (χ2n) is 3.21. The Morgan fingerprint density at radius 3 is 2.73 bits per heavy atom. The second-order valence-corrected chi connectivity index (χ2v) is 5.31. The van der Waals surface area contributed by atoms with Crippen molar-refractivity contribution in [1.82, 2.24) is 4.72 Å². The summed E-state index contributed by atoms with van der Waals surface area (Å²) in [6.45, 7) is 3.29. The van der Waals surface area contributed by atoms with Crippen molar-refractivity contribution in [2.24, 2.45) is 0 Å². The summed E-state index contributed by atoms with van der Waals surface area (Å²) in [4.78, 5) is 11.4. The van der Waals surface area contributed by atoms with Crippen LogP contribution < -0.4 is 4.72 Å². The lowest BCUT2D eigenvalue weighted by atomic mass is 10.3. The first-order chi connectivity index (χ1) is 6.97. The summed E-state index contributed by atoms with van der Waals surface area (Å²) < 4.78 is 29.7. The molecule has 0 aliphatic rings. The topological polar surface area (TPSA) is 76.4 Å². The van der Waals surface area contributed by atoms with Crippen molar-refractivity contribution in [3.63, 3.8) is 0 Å². The maximum absolute atomic E-state index is 11.5. The van der Waals surface area contributed by atoms with Crippen LogP contribution in [0.5, 0.6) is 0 Å². The largest absolute Gasteiger partial charge is 0.472 e. The van der Waals surface area contributed by atoms with Gasteiger partial charge >= 0.3 is 0 Å². The average Bonchev–Trinajstić information content (AvgIpc) is 2.68. The van der Waals surface area contributed by atoms with Gasteiger partial charge in [0.1, 0.15) is 6.26 Å². The maximum Gasteiger partial charge on any atom is 0.267 e. The molecule has 0 aliphatic heterocycles. The summed E-state index contributed by atoms with van der Waals surface area (Å²) in [6, 6.07) is 1.40. The Balaban J connectivity index is 2.75. The first-order valence-electron chi connectivity index (χ1n) is 4.55. The van der Waals surface area contributed by atoms with Gasteiger partial charge in [-0.05, 0) is 19.4 Å².